The van der Waals surface area contributed by atoms with E-state index in [1.165, 1.54) is 51.4 Å². The Hall–Kier alpha value is -0.300. The first-order chi connectivity index (χ1) is 10.1. The molecule has 0 saturated heterocycles. The topological polar surface area (TPSA) is 20.2 Å². The summed E-state index contributed by atoms with van der Waals surface area (Å²) in [5.41, 5.74) is 1.65. The molecular weight excluding hydrogens is 256 g/mol. The Morgan fingerprint density at radius 3 is 2.81 bits per heavy atom. The van der Waals surface area contributed by atoms with E-state index in [1.807, 2.05) is 5.57 Å². The maximum absolute atomic E-state index is 11.2. The number of hydrogen-bond acceptors (Lipinski definition) is 1. The third-order valence-electron chi connectivity index (χ3n) is 8.28. The van der Waals surface area contributed by atoms with E-state index in [-0.39, 0.29) is 11.0 Å². The van der Waals surface area contributed by atoms with Gasteiger partial charge in [-0.15, -0.1) is 0 Å². The molecule has 0 aliphatic heterocycles. The standard InChI is InChI=1S/C20H32O/c1-3-20(21)13-11-18-17-9-8-14-6-4-5-7-15(14)16(17)10-12-19(18,20)2/h6,15-18,21H,3-5,7-13H2,1-2H3/t15-,16+,17+,18-,19?,20-/m0/s1. The maximum atomic E-state index is 11.2. The largest absolute Gasteiger partial charge is 0.389 e. The van der Waals surface area contributed by atoms with Crippen LogP contribution >= 0.6 is 0 Å². The second-order valence-electron chi connectivity index (χ2n) is 8.67. The van der Waals surface area contributed by atoms with Crippen LogP contribution in [0.25, 0.3) is 0 Å². The van der Waals surface area contributed by atoms with Gasteiger partial charge in [0.05, 0.1) is 5.60 Å². The Morgan fingerprint density at radius 1 is 1.14 bits per heavy atom. The van der Waals surface area contributed by atoms with Gasteiger partial charge in [0.1, 0.15) is 0 Å². The molecule has 4 rings (SSSR count). The maximum Gasteiger partial charge on any atom is 0.0701 e. The van der Waals surface area contributed by atoms with Gasteiger partial charge in [-0.3, -0.25) is 0 Å². The summed E-state index contributed by atoms with van der Waals surface area (Å²) in [6.45, 7) is 4.62. The van der Waals surface area contributed by atoms with Crippen molar-refractivity contribution in [2.45, 2.75) is 83.7 Å². The molecule has 0 aromatic rings. The van der Waals surface area contributed by atoms with Crippen LogP contribution in [0, 0.1) is 29.1 Å². The molecule has 6 atom stereocenters. The average Bonchev–Trinajstić information content (AvgIpc) is 2.79. The number of aliphatic hydroxyl groups is 1. The van der Waals surface area contributed by atoms with Crippen LogP contribution in [0.15, 0.2) is 11.6 Å². The zero-order valence-electron chi connectivity index (χ0n) is 13.9. The highest BCUT2D eigenvalue weighted by Gasteiger charge is 2.61. The van der Waals surface area contributed by atoms with Crippen molar-refractivity contribution >= 4 is 0 Å². The molecule has 21 heavy (non-hydrogen) atoms. The van der Waals surface area contributed by atoms with Crippen molar-refractivity contribution in [1.82, 2.24) is 0 Å². The van der Waals surface area contributed by atoms with Crippen molar-refractivity contribution in [3.05, 3.63) is 11.6 Å². The third-order valence-corrected chi connectivity index (χ3v) is 8.28. The fourth-order valence-electron chi connectivity index (χ4n) is 6.99. The van der Waals surface area contributed by atoms with Crippen LogP contribution in [0.5, 0.6) is 0 Å². The first-order valence-electron chi connectivity index (χ1n) is 9.50. The Balaban J connectivity index is 1.64. The predicted molar refractivity (Wildman–Crippen MR) is 86.9 cm³/mol. The second kappa shape index (κ2) is 4.85. The van der Waals surface area contributed by atoms with Gasteiger partial charge in [-0.1, -0.05) is 25.5 Å². The highest BCUT2D eigenvalue weighted by molar-refractivity contribution is 5.19. The van der Waals surface area contributed by atoms with Crippen LogP contribution < -0.4 is 0 Å². The molecule has 1 unspecified atom stereocenters. The van der Waals surface area contributed by atoms with E-state index >= 15 is 0 Å². The minimum absolute atomic E-state index is 0.207. The monoisotopic (exact) mass is 288 g/mol. The average molecular weight is 288 g/mol. The van der Waals surface area contributed by atoms with E-state index in [2.05, 4.69) is 19.9 Å². The van der Waals surface area contributed by atoms with Gasteiger partial charge in [-0.25, -0.2) is 0 Å². The quantitative estimate of drug-likeness (QED) is 0.666. The molecule has 0 bridgehead atoms. The molecule has 1 N–H and O–H groups in total. The summed E-state index contributed by atoms with van der Waals surface area (Å²) >= 11 is 0. The lowest BCUT2D eigenvalue weighted by Crippen LogP contribution is -2.52. The summed E-state index contributed by atoms with van der Waals surface area (Å²) in [6, 6.07) is 0. The van der Waals surface area contributed by atoms with Crippen molar-refractivity contribution in [3.8, 4) is 0 Å². The number of fused-ring (bicyclic) bond motifs is 5. The van der Waals surface area contributed by atoms with E-state index in [9.17, 15) is 5.11 Å². The lowest BCUT2D eigenvalue weighted by molar-refractivity contribution is -0.119. The van der Waals surface area contributed by atoms with Crippen molar-refractivity contribution in [3.63, 3.8) is 0 Å². The van der Waals surface area contributed by atoms with Gasteiger partial charge in [0.2, 0.25) is 0 Å². The Labute approximate surface area is 130 Å². The van der Waals surface area contributed by atoms with Crippen LogP contribution in [0.2, 0.25) is 0 Å². The van der Waals surface area contributed by atoms with E-state index in [0.717, 1.165) is 36.5 Å². The first-order valence-corrected chi connectivity index (χ1v) is 9.50. The lowest BCUT2D eigenvalue weighted by Gasteiger charge is -2.55. The van der Waals surface area contributed by atoms with Crippen molar-refractivity contribution < 1.29 is 5.11 Å². The molecule has 3 fully saturated rings. The van der Waals surface area contributed by atoms with E-state index in [4.69, 9.17) is 0 Å². The van der Waals surface area contributed by atoms with E-state index in [1.54, 1.807) is 0 Å². The van der Waals surface area contributed by atoms with Gasteiger partial charge >= 0.3 is 0 Å². The summed E-state index contributed by atoms with van der Waals surface area (Å²) in [7, 11) is 0. The van der Waals surface area contributed by atoms with Crippen molar-refractivity contribution in [2.75, 3.05) is 0 Å². The molecular formula is C20H32O. The molecule has 0 aromatic heterocycles. The van der Waals surface area contributed by atoms with Gasteiger partial charge < -0.3 is 5.11 Å². The zero-order valence-corrected chi connectivity index (χ0v) is 13.9. The van der Waals surface area contributed by atoms with Crippen LogP contribution in [0.4, 0.5) is 0 Å². The van der Waals surface area contributed by atoms with Crippen molar-refractivity contribution in [1.29, 1.82) is 0 Å². The number of rotatable bonds is 1. The van der Waals surface area contributed by atoms with Crippen LogP contribution in [-0.2, 0) is 0 Å². The molecule has 1 heteroatoms. The number of allylic oxidation sites excluding steroid dienone is 2. The Bertz CT molecular complexity index is 453. The molecule has 0 heterocycles. The molecule has 118 valence electrons. The van der Waals surface area contributed by atoms with Gasteiger partial charge in [-0.2, -0.15) is 0 Å². The van der Waals surface area contributed by atoms with Crippen LogP contribution in [0.1, 0.15) is 78.1 Å². The lowest BCUT2D eigenvalue weighted by atomic mass is 9.50. The fourth-order valence-corrected chi connectivity index (χ4v) is 6.99. The minimum atomic E-state index is -0.370. The van der Waals surface area contributed by atoms with Crippen molar-refractivity contribution in [2.24, 2.45) is 29.1 Å². The molecule has 0 radical (unpaired) electrons. The molecule has 0 spiro atoms. The highest BCUT2D eigenvalue weighted by Crippen LogP contribution is 2.65. The molecule has 4 aliphatic rings. The van der Waals surface area contributed by atoms with E-state index < -0.39 is 0 Å². The Morgan fingerprint density at radius 2 is 2.00 bits per heavy atom. The predicted octanol–water partition coefficient (Wildman–Crippen LogP) is 5.09. The summed E-state index contributed by atoms with van der Waals surface area (Å²) in [5, 5.41) is 11.2. The van der Waals surface area contributed by atoms with Gasteiger partial charge in [0, 0.05) is 0 Å². The van der Waals surface area contributed by atoms with Crippen LogP contribution in [0.3, 0.4) is 0 Å². The minimum Gasteiger partial charge on any atom is -0.389 e. The zero-order chi connectivity index (χ0) is 14.7. The summed E-state index contributed by atoms with van der Waals surface area (Å²) < 4.78 is 0. The smallest absolute Gasteiger partial charge is 0.0701 e. The van der Waals surface area contributed by atoms with Crippen LogP contribution in [-0.4, -0.2) is 10.7 Å². The van der Waals surface area contributed by atoms with Gasteiger partial charge in [-0.05, 0) is 93.3 Å². The Kier molecular flexibility index (Phi) is 3.30. The highest BCUT2D eigenvalue weighted by atomic mass is 16.3. The normalized spacial score (nSPS) is 52.6. The molecule has 1 nitrogen and oxygen atoms in total. The van der Waals surface area contributed by atoms with Gasteiger partial charge in [0.25, 0.3) is 0 Å². The number of hydrogen-bond donors (Lipinski definition) is 1. The van der Waals surface area contributed by atoms with Gasteiger partial charge in [0.15, 0.2) is 0 Å². The third kappa shape index (κ3) is 1.85. The summed E-state index contributed by atoms with van der Waals surface area (Å²) in [6.07, 6.45) is 15.5. The second-order valence-corrected chi connectivity index (χ2v) is 8.67. The summed E-state index contributed by atoms with van der Waals surface area (Å²) in [4.78, 5) is 0. The fraction of sp³-hybridized carbons (Fsp3) is 0.900. The molecule has 3 saturated carbocycles. The van der Waals surface area contributed by atoms with E-state index in [0.29, 0.717) is 0 Å². The SMILES string of the molecule is CC[C@]1(O)CC[C@H]2[C@@H]3CCC4=CCCC[C@@H]4[C@H]3CCC21C. The molecule has 4 aliphatic carbocycles. The first kappa shape index (κ1) is 14.3. The summed E-state index contributed by atoms with van der Waals surface area (Å²) in [5.74, 6) is 3.56. The molecule has 0 aromatic carbocycles. The molecule has 0 amide bonds.